The zero-order chi connectivity index (χ0) is 20.6. The second kappa shape index (κ2) is 10.2. The number of carbonyl (C=O) groups is 2. The summed E-state index contributed by atoms with van der Waals surface area (Å²) in [6.07, 6.45) is 6.13. The lowest BCUT2D eigenvalue weighted by molar-refractivity contribution is -0.117. The molecule has 0 aromatic heterocycles. The van der Waals surface area contributed by atoms with Crippen LogP contribution in [0.4, 0.5) is 5.69 Å². The van der Waals surface area contributed by atoms with Gasteiger partial charge in [-0.3, -0.25) is 14.5 Å². The number of likely N-dealkylation sites (N-methyl/N-ethyl adjacent to an activating group) is 1. The number of hydrogen-bond acceptors (Lipinski definition) is 3. The fraction of sp³-hybridized carbons (Fsp3) is 0.417. The van der Waals surface area contributed by atoms with Gasteiger partial charge in [0.2, 0.25) is 5.91 Å². The molecule has 5 heteroatoms. The van der Waals surface area contributed by atoms with Gasteiger partial charge in [0.1, 0.15) is 0 Å². The van der Waals surface area contributed by atoms with Crippen molar-refractivity contribution < 1.29 is 9.59 Å². The third-order valence-corrected chi connectivity index (χ3v) is 5.59. The smallest absolute Gasteiger partial charge is 0.253 e. The molecule has 2 aromatic carbocycles. The Balaban J connectivity index is 1.56. The maximum atomic E-state index is 12.8. The highest BCUT2D eigenvalue weighted by atomic mass is 16.2. The number of carbonyl (C=O) groups excluding carboxylic acids is 2. The molecule has 1 aliphatic rings. The molecule has 154 valence electrons. The van der Waals surface area contributed by atoms with Crippen molar-refractivity contribution in [2.24, 2.45) is 0 Å². The van der Waals surface area contributed by atoms with Gasteiger partial charge in [-0.2, -0.15) is 0 Å². The molecular weight excluding hydrogens is 362 g/mol. The van der Waals surface area contributed by atoms with Crippen LogP contribution in [0.2, 0.25) is 0 Å². The molecule has 1 fully saturated rings. The summed E-state index contributed by atoms with van der Waals surface area (Å²) < 4.78 is 0. The molecule has 0 atom stereocenters. The molecule has 0 heterocycles. The minimum absolute atomic E-state index is 0.0414. The van der Waals surface area contributed by atoms with Crippen molar-refractivity contribution >= 4 is 17.5 Å². The summed E-state index contributed by atoms with van der Waals surface area (Å²) in [7, 11) is 3.81. The Morgan fingerprint density at radius 1 is 0.966 bits per heavy atom. The molecule has 2 aromatic rings. The lowest BCUT2D eigenvalue weighted by atomic mass is 9.94. The Labute approximate surface area is 173 Å². The van der Waals surface area contributed by atoms with Crippen molar-refractivity contribution in [2.45, 2.75) is 44.7 Å². The molecule has 0 radical (unpaired) electrons. The fourth-order valence-electron chi connectivity index (χ4n) is 3.96. The van der Waals surface area contributed by atoms with Crippen LogP contribution in [-0.2, 0) is 11.3 Å². The number of hydrogen-bond donors (Lipinski definition) is 1. The second-order valence-electron chi connectivity index (χ2n) is 7.98. The Morgan fingerprint density at radius 3 is 2.41 bits per heavy atom. The van der Waals surface area contributed by atoms with Gasteiger partial charge in [0.05, 0.1) is 6.54 Å². The lowest BCUT2D eigenvalue weighted by Crippen LogP contribution is -2.39. The van der Waals surface area contributed by atoms with Crippen LogP contribution in [0.5, 0.6) is 0 Å². The molecule has 1 N–H and O–H groups in total. The monoisotopic (exact) mass is 393 g/mol. The molecule has 0 bridgehead atoms. The number of benzene rings is 2. The van der Waals surface area contributed by atoms with Crippen LogP contribution in [0.1, 0.15) is 48.0 Å². The van der Waals surface area contributed by atoms with E-state index in [1.54, 1.807) is 24.1 Å². The van der Waals surface area contributed by atoms with Gasteiger partial charge in [0.15, 0.2) is 0 Å². The van der Waals surface area contributed by atoms with Gasteiger partial charge in [0.25, 0.3) is 5.91 Å². The summed E-state index contributed by atoms with van der Waals surface area (Å²) in [6.45, 7) is 0.916. The molecule has 1 saturated carbocycles. The van der Waals surface area contributed by atoms with Crippen LogP contribution in [0.25, 0.3) is 0 Å². The van der Waals surface area contributed by atoms with Gasteiger partial charge in [-0.25, -0.2) is 0 Å². The number of anilines is 1. The SMILES string of the molecule is CN(Cc1ccccc1)C(=O)c1cccc(NC(=O)CN(C)C2CCCCC2)c1. The third-order valence-electron chi connectivity index (χ3n) is 5.59. The van der Waals surface area contributed by atoms with Gasteiger partial charge in [-0.05, 0) is 43.7 Å². The van der Waals surface area contributed by atoms with E-state index in [1.165, 1.54) is 32.1 Å². The summed E-state index contributed by atoms with van der Waals surface area (Å²) in [4.78, 5) is 29.1. The van der Waals surface area contributed by atoms with Crippen molar-refractivity contribution in [3.8, 4) is 0 Å². The molecule has 1 aliphatic carbocycles. The molecule has 0 aliphatic heterocycles. The number of nitrogens with one attached hydrogen (secondary N) is 1. The first-order valence-corrected chi connectivity index (χ1v) is 10.4. The highest BCUT2D eigenvalue weighted by Crippen LogP contribution is 2.21. The van der Waals surface area contributed by atoms with E-state index in [4.69, 9.17) is 0 Å². The van der Waals surface area contributed by atoms with E-state index in [1.807, 2.05) is 49.5 Å². The Kier molecular flexibility index (Phi) is 7.42. The number of nitrogens with zero attached hydrogens (tertiary/aromatic N) is 2. The van der Waals surface area contributed by atoms with Crippen LogP contribution in [0.15, 0.2) is 54.6 Å². The van der Waals surface area contributed by atoms with Crippen LogP contribution in [0.3, 0.4) is 0 Å². The van der Waals surface area contributed by atoms with Crippen molar-refractivity contribution in [1.29, 1.82) is 0 Å². The van der Waals surface area contributed by atoms with Crippen LogP contribution in [0, 0.1) is 0 Å². The van der Waals surface area contributed by atoms with Gasteiger partial charge < -0.3 is 10.2 Å². The zero-order valence-corrected chi connectivity index (χ0v) is 17.4. The topological polar surface area (TPSA) is 52.7 Å². The van der Waals surface area contributed by atoms with Gasteiger partial charge in [-0.15, -0.1) is 0 Å². The Morgan fingerprint density at radius 2 is 1.69 bits per heavy atom. The maximum Gasteiger partial charge on any atom is 0.253 e. The van der Waals surface area contributed by atoms with Crippen LogP contribution >= 0.6 is 0 Å². The molecule has 5 nitrogen and oxygen atoms in total. The summed E-state index contributed by atoms with van der Waals surface area (Å²) in [6, 6.07) is 17.6. The summed E-state index contributed by atoms with van der Waals surface area (Å²) in [5, 5.41) is 2.94. The van der Waals surface area contributed by atoms with E-state index in [0.717, 1.165) is 5.56 Å². The highest BCUT2D eigenvalue weighted by molar-refractivity contribution is 5.97. The molecule has 0 unspecified atom stereocenters. The molecule has 2 amide bonds. The van der Waals surface area contributed by atoms with Crippen molar-refractivity contribution in [3.05, 3.63) is 65.7 Å². The zero-order valence-electron chi connectivity index (χ0n) is 17.4. The standard InChI is InChI=1S/C24H31N3O2/c1-26(22-14-7-4-8-15-22)18-23(28)25-21-13-9-12-20(16-21)24(29)27(2)17-19-10-5-3-6-11-19/h3,5-6,9-13,16,22H,4,7-8,14-15,17-18H2,1-2H3,(H,25,28). The Bertz CT molecular complexity index is 816. The predicted octanol–water partition coefficient (Wildman–Crippen LogP) is 4.16. The Hall–Kier alpha value is -2.66. The quantitative estimate of drug-likeness (QED) is 0.768. The third kappa shape index (κ3) is 6.16. The largest absolute Gasteiger partial charge is 0.337 e. The van der Waals surface area contributed by atoms with Crippen molar-refractivity contribution in [1.82, 2.24) is 9.80 Å². The van der Waals surface area contributed by atoms with Crippen LogP contribution in [-0.4, -0.2) is 48.3 Å². The summed E-state index contributed by atoms with van der Waals surface area (Å²) in [5.74, 6) is -0.107. The first-order valence-electron chi connectivity index (χ1n) is 10.4. The van der Waals surface area contributed by atoms with E-state index in [9.17, 15) is 9.59 Å². The molecule has 3 rings (SSSR count). The molecule has 29 heavy (non-hydrogen) atoms. The fourth-order valence-corrected chi connectivity index (χ4v) is 3.96. The maximum absolute atomic E-state index is 12.8. The summed E-state index contributed by atoms with van der Waals surface area (Å²) >= 11 is 0. The van der Waals surface area contributed by atoms with E-state index in [0.29, 0.717) is 30.4 Å². The van der Waals surface area contributed by atoms with Gasteiger partial charge >= 0.3 is 0 Å². The molecule has 0 spiro atoms. The van der Waals surface area contributed by atoms with E-state index in [-0.39, 0.29) is 11.8 Å². The van der Waals surface area contributed by atoms with Crippen LogP contribution < -0.4 is 5.32 Å². The van der Waals surface area contributed by atoms with E-state index >= 15 is 0 Å². The van der Waals surface area contributed by atoms with Gasteiger partial charge in [-0.1, -0.05) is 55.7 Å². The van der Waals surface area contributed by atoms with Gasteiger partial charge in [0, 0.05) is 30.9 Å². The second-order valence-corrected chi connectivity index (χ2v) is 7.98. The summed E-state index contributed by atoms with van der Waals surface area (Å²) in [5.41, 5.74) is 2.31. The molecular formula is C24H31N3O2. The minimum Gasteiger partial charge on any atom is -0.337 e. The van der Waals surface area contributed by atoms with Crippen molar-refractivity contribution in [3.63, 3.8) is 0 Å². The van der Waals surface area contributed by atoms with Crippen molar-refractivity contribution in [2.75, 3.05) is 26.0 Å². The number of rotatable bonds is 7. The average molecular weight is 394 g/mol. The average Bonchev–Trinajstić information content (AvgIpc) is 2.74. The minimum atomic E-state index is -0.0655. The molecule has 0 saturated heterocycles. The van der Waals surface area contributed by atoms with E-state index < -0.39 is 0 Å². The highest BCUT2D eigenvalue weighted by Gasteiger charge is 2.20. The first kappa shape index (κ1) is 21.1. The first-order chi connectivity index (χ1) is 14.0. The van der Waals surface area contributed by atoms with E-state index in [2.05, 4.69) is 10.2 Å². The lowest BCUT2D eigenvalue weighted by Gasteiger charge is -2.30. The number of amides is 2. The predicted molar refractivity (Wildman–Crippen MR) is 117 cm³/mol. The normalized spacial score (nSPS) is 14.6.